The van der Waals surface area contributed by atoms with Crippen molar-refractivity contribution in [1.29, 1.82) is 0 Å². The molecule has 0 radical (unpaired) electrons. The van der Waals surface area contributed by atoms with Crippen molar-refractivity contribution in [3.8, 4) is 0 Å². The number of nitrogens with one attached hydrogen (secondary N) is 1. The molecule has 0 aromatic heterocycles. The summed E-state index contributed by atoms with van der Waals surface area (Å²) in [5, 5.41) is 3.48. The first kappa shape index (κ1) is 14.6. The van der Waals surface area contributed by atoms with Gasteiger partial charge in [0.05, 0.1) is 15.6 Å². The van der Waals surface area contributed by atoms with Gasteiger partial charge in [0.1, 0.15) is 0 Å². The minimum absolute atomic E-state index is 0.209. The maximum absolute atomic E-state index is 11.8. The standard InChI is InChI=1S/C12H14Cl3NO/c1-8(5-6-13)7-16-12(17)9-3-2-4-10(14)11(9)15/h2-4,8H,5-7H2,1H3,(H,16,17). The average molecular weight is 295 g/mol. The van der Waals surface area contributed by atoms with Crippen LogP contribution in [0.1, 0.15) is 23.7 Å². The summed E-state index contributed by atoms with van der Waals surface area (Å²) in [6, 6.07) is 5.00. The number of hydrogen-bond acceptors (Lipinski definition) is 1. The lowest BCUT2D eigenvalue weighted by Crippen LogP contribution is -2.28. The molecule has 5 heteroatoms. The fourth-order valence-electron chi connectivity index (χ4n) is 1.33. The van der Waals surface area contributed by atoms with Crippen LogP contribution in [-0.4, -0.2) is 18.3 Å². The fraction of sp³-hybridized carbons (Fsp3) is 0.417. The second-order valence-corrected chi connectivity index (χ2v) is 5.06. The summed E-state index contributed by atoms with van der Waals surface area (Å²) in [5.74, 6) is 0.725. The van der Waals surface area contributed by atoms with Crippen molar-refractivity contribution in [3.63, 3.8) is 0 Å². The molecular weight excluding hydrogens is 280 g/mol. The Balaban J connectivity index is 2.61. The normalized spacial score (nSPS) is 12.2. The quantitative estimate of drug-likeness (QED) is 0.818. The van der Waals surface area contributed by atoms with E-state index in [4.69, 9.17) is 34.8 Å². The summed E-state index contributed by atoms with van der Waals surface area (Å²) in [7, 11) is 0. The number of benzene rings is 1. The van der Waals surface area contributed by atoms with Crippen molar-refractivity contribution in [2.24, 2.45) is 5.92 Å². The van der Waals surface area contributed by atoms with Crippen molar-refractivity contribution in [2.45, 2.75) is 13.3 Å². The second-order valence-electron chi connectivity index (χ2n) is 3.89. The highest BCUT2D eigenvalue weighted by molar-refractivity contribution is 6.43. The monoisotopic (exact) mass is 293 g/mol. The van der Waals surface area contributed by atoms with Gasteiger partial charge in [0, 0.05) is 12.4 Å². The molecule has 0 bridgehead atoms. The van der Waals surface area contributed by atoms with Crippen LogP contribution in [0.25, 0.3) is 0 Å². The van der Waals surface area contributed by atoms with Gasteiger partial charge >= 0.3 is 0 Å². The van der Waals surface area contributed by atoms with E-state index < -0.39 is 0 Å². The van der Waals surface area contributed by atoms with Gasteiger partial charge in [-0.25, -0.2) is 0 Å². The number of amides is 1. The van der Waals surface area contributed by atoms with Gasteiger partial charge in [0.15, 0.2) is 0 Å². The Labute approximate surface area is 116 Å². The van der Waals surface area contributed by atoms with E-state index >= 15 is 0 Å². The first-order chi connectivity index (χ1) is 8.06. The Morgan fingerprint density at radius 1 is 1.41 bits per heavy atom. The molecule has 1 unspecified atom stereocenters. The van der Waals surface area contributed by atoms with Crippen LogP contribution < -0.4 is 5.32 Å². The van der Waals surface area contributed by atoms with Crippen LogP contribution in [-0.2, 0) is 0 Å². The molecule has 1 aromatic carbocycles. The van der Waals surface area contributed by atoms with Crippen molar-refractivity contribution in [1.82, 2.24) is 5.32 Å². The second kappa shape index (κ2) is 7.10. The highest BCUT2D eigenvalue weighted by Gasteiger charge is 2.12. The maximum Gasteiger partial charge on any atom is 0.252 e. The largest absolute Gasteiger partial charge is 0.352 e. The minimum atomic E-state index is -0.209. The smallest absolute Gasteiger partial charge is 0.252 e. The molecule has 17 heavy (non-hydrogen) atoms. The predicted octanol–water partition coefficient (Wildman–Crippen LogP) is 3.99. The molecule has 1 rings (SSSR count). The van der Waals surface area contributed by atoms with E-state index in [1.807, 2.05) is 6.92 Å². The summed E-state index contributed by atoms with van der Waals surface area (Å²) >= 11 is 17.4. The molecule has 1 aromatic rings. The van der Waals surface area contributed by atoms with Gasteiger partial charge in [-0.1, -0.05) is 36.2 Å². The van der Waals surface area contributed by atoms with Gasteiger partial charge in [-0.15, -0.1) is 11.6 Å². The molecule has 2 nitrogen and oxygen atoms in total. The molecule has 0 heterocycles. The lowest BCUT2D eigenvalue weighted by molar-refractivity contribution is 0.0948. The van der Waals surface area contributed by atoms with Crippen LogP contribution in [0.3, 0.4) is 0 Å². The van der Waals surface area contributed by atoms with Gasteiger partial charge in [-0.3, -0.25) is 4.79 Å². The zero-order valence-electron chi connectivity index (χ0n) is 9.47. The minimum Gasteiger partial charge on any atom is -0.352 e. The van der Waals surface area contributed by atoms with Gasteiger partial charge in [-0.05, 0) is 24.5 Å². The first-order valence-corrected chi connectivity index (χ1v) is 6.63. The lowest BCUT2D eigenvalue weighted by Gasteiger charge is -2.12. The van der Waals surface area contributed by atoms with E-state index in [2.05, 4.69) is 5.32 Å². The van der Waals surface area contributed by atoms with Gasteiger partial charge < -0.3 is 5.32 Å². The van der Waals surface area contributed by atoms with Crippen LogP contribution in [0, 0.1) is 5.92 Å². The third-order valence-electron chi connectivity index (χ3n) is 2.41. The first-order valence-electron chi connectivity index (χ1n) is 5.34. The fourth-order valence-corrected chi connectivity index (χ4v) is 2.09. The Hall–Kier alpha value is -0.440. The molecule has 0 aliphatic carbocycles. The number of carbonyl (C=O) groups excluding carboxylic acids is 1. The Kier molecular flexibility index (Phi) is 6.10. The molecule has 0 aliphatic rings. The molecule has 1 N–H and O–H groups in total. The average Bonchev–Trinajstić information content (AvgIpc) is 2.30. The topological polar surface area (TPSA) is 29.1 Å². The lowest BCUT2D eigenvalue weighted by atomic mass is 10.1. The summed E-state index contributed by atoms with van der Waals surface area (Å²) in [6.45, 7) is 2.61. The third kappa shape index (κ3) is 4.38. The SMILES string of the molecule is CC(CCCl)CNC(=O)c1cccc(Cl)c1Cl. The third-order valence-corrected chi connectivity index (χ3v) is 3.45. The van der Waals surface area contributed by atoms with Crippen LogP contribution in [0.2, 0.25) is 10.0 Å². The van der Waals surface area contributed by atoms with Crippen LogP contribution in [0.4, 0.5) is 0 Å². The van der Waals surface area contributed by atoms with E-state index in [-0.39, 0.29) is 10.9 Å². The number of carbonyl (C=O) groups is 1. The number of alkyl halides is 1. The van der Waals surface area contributed by atoms with Crippen LogP contribution >= 0.6 is 34.8 Å². The number of hydrogen-bond donors (Lipinski definition) is 1. The van der Waals surface area contributed by atoms with E-state index in [9.17, 15) is 4.79 Å². The van der Waals surface area contributed by atoms with Gasteiger partial charge in [-0.2, -0.15) is 0 Å². The Morgan fingerprint density at radius 2 is 2.12 bits per heavy atom. The van der Waals surface area contributed by atoms with Crippen LogP contribution in [0.5, 0.6) is 0 Å². The molecule has 0 spiro atoms. The molecule has 94 valence electrons. The summed E-state index contributed by atoms with van der Waals surface area (Å²) in [5.41, 5.74) is 0.400. The maximum atomic E-state index is 11.8. The predicted molar refractivity (Wildman–Crippen MR) is 73.3 cm³/mol. The van der Waals surface area contributed by atoms with E-state index in [1.54, 1.807) is 18.2 Å². The summed E-state index contributed by atoms with van der Waals surface area (Å²) in [6.07, 6.45) is 0.866. The summed E-state index contributed by atoms with van der Waals surface area (Å²) < 4.78 is 0. The van der Waals surface area contributed by atoms with Crippen molar-refractivity contribution in [3.05, 3.63) is 33.8 Å². The van der Waals surface area contributed by atoms with Crippen LogP contribution in [0.15, 0.2) is 18.2 Å². The highest BCUT2D eigenvalue weighted by Crippen LogP contribution is 2.25. The zero-order valence-corrected chi connectivity index (χ0v) is 11.7. The van der Waals surface area contributed by atoms with Gasteiger partial charge in [0.25, 0.3) is 5.91 Å². The highest BCUT2D eigenvalue weighted by atomic mass is 35.5. The molecule has 0 aliphatic heterocycles. The van der Waals surface area contributed by atoms with E-state index in [0.717, 1.165) is 6.42 Å². The number of rotatable bonds is 5. The molecule has 0 fully saturated rings. The molecule has 1 atom stereocenters. The number of halogens is 3. The molecular formula is C12H14Cl3NO. The molecule has 0 saturated heterocycles. The molecule has 0 saturated carbocycles. The summed E-state index contributed by atoms with van der Waals surface area (Å²) in [4.78, 5) is 11.8. The Morgan fingerprint density at radius 3 is 2.76 bits per heavy atom. The zero-order chi connectivity index (χ0) is 12.8. The Bertz CT molecular complexity index is 395. The van der Waals surface area contributed by atoms with Crippen molar-refractivity contribution in [2.75, 3.05) is 12.4 Å². The van der Waals surface area contributed by atoms with E-state index in [0.29, 0.717) is 28.9 Å². The van der Waals surface area contributed by atoms with Crippen molar-refractivity contribution < 1.29 is 4.79 Å². The van der Waals surface area contributed by atoms with Gasteiger partial charge in [0.2, 0.25) is 0 Å². The van der Waals surface area contributed by atoms with Crippen molar-refractivity contribution >= 4 is 40.7 Å². The van der Waals surface area contributed by atoms with E-state index in [1.165, 1.54) is 0 Å². The molecule has 1 amide bonds.